The molecule has 2 unspecified atom stereocenters. The van der Waals surface area contributed by atoms with Crippen LogP contribution in [0.15, 0.2) is 24.3 Å². The highest BCUT2D eigenvalue weighted by Gasteiger charge is 2.43. The maximum atomic E-state index is 12.8. The fraction of sp³-hybridized carbons (Fsp3) is 0.556. The van der Waals surface area contributed by atoms with Gasteiger partial charge in [-0.2, -0.15) is 13.2 Å². The number of halogens is 3. The van der Waals surface area contributed by atoms with Gasteiger partial charge < -0.3 is 15.2 Å². The molecule has 2 rings (SSSR count). The Balaban J connectivity index is 1.75. The molecule has 1 aliphatic carbocycles. The first-order valence-corrected chi connectivity index (χ1v) is 8.53. The van der Waals surface area contributed by atoms with Gasteiger partial charge >= 0.3 is 12.1 Å². The van der Waals surface area contributed by atoms with Crippen LogP contribution in [0.25, 0.3) is 0 Å². The summed E-state index contributed by atoms with van der Waals surface area (Å²) in [4.78, 5) is 22.5. The van der Waals surface area contributed by atoms with Crippen LogP contribution in [0.1, 0.15) is 31.2 Å². The fourth-order valence-electron chi connectivity index (χ4n) is 3.10. The van der Waals surface area contributed by atoms with Crippen LogP contribution in [0.4, 0.5) is 13.2 Å². The number of hydrogen-bond donors (Lipinski definition) is 2. The molecule has 1 aromatic rings. The summed E-state index contributed by atoms with van der Waals surface area (Å²) in [5, 5.41) is 11.3. The summed E-state index contributed by atoms with van der Waals surface area (Å²) in [5.41, 5.74) is 0.907. The van der Waals surface area contributed by atoms with E-state index in [1.54, 1.807) is 24.3 Å². The molecule has 8 heteroatoms. The van der Waals surface area contributed by atoms with Crippen LogP contribution in [-0.2, 0) is 16.0 Å². The van der Waals surface area contributed by atoms with Gasteiger partial charge in [-0.05, 0) is 43.4 Å². The van der Waals surface area contributed by atoms with Gasteiger partial charge in [0.15, 0.2) is 6.61 Å². The number of carboxylic acids is 1. The lowest BCUT2D eigenvalue weighted by Gasteiger charge is -2.29. The Kier molecular flexibility index (Phi) is 6.88. The average Bonchev–Trinajstić information content (AvgIpc) is 2.60. The molecule has 1 aliphatic rings. The van der Waals surface area contributed by atoms with Crippen molar-refractivity contribution in [1.29, 1.82) is 0 Å². The molecule has 2 N–H and O–H groups in total. The zero-order chi connectivity index (χ0) is 19.2. The van der Waals surface area contributed by atoms with Gasteiger partial charge in [0.05, 0.1) is 5.92 Å². The molecule has 2 atom stereocenters. The van der Waals surface area contributed by atoms with Crippen LogP contribution in [0.2, 0.25) is 0 Å². The number of alkyl halides is 3. The first kappa shape index (κ1) is 20.1. The van der Waals surface area contributed by atoms with E-state index in [0.29, 0.717) is 31.6 Å². The number of benzene rings is 1. The number of carboxylic acid groups (broad SMARTS) is 1. The zero-order valence-corrected chi connectivity index (χ0v) is 14.2. The van der Waals surface area contributed by atoms with Crippen LogP contribution in [0.5, 0.6) is 5.75 Å². The van der Waals surface area contributed by atoms with Crippen molar-refractivity contribution in [1.82, 2.24) is 5.32 Å². The predicted octanol–water partition coefficient (Wildman–Crippen LogP) is 3.18. The van der Waals surface area contributed by atoms with E-state index in [2.05, 4.69) is 5.32 Å². The van der Waals surface area contributed by atoms with Crippen molar-refractivity contribution in [2.24, 2.45) is 11.8 Å². The van der Waals surface area contributed by atoms with Crippen molar-refractivity contribution >= 4 is 11.9 Å². The SMILES string of the molecule is O=C(O)COc1ccc(CCNC(=O)C2CCCC(C(F)(F)F)C2)cc1. The molecule has 0 heterocycles. The Morgan fingerprint density at radius 3 is 2.50 bits per heavy atom. The van der Waals surface area contributed by atoms with E-state index in [1.807, 2.05) is 0 Å². The minimum Gasteiger partial charge on any atom is -0.482 e. The lowest BCUT2D eigenvalue weighted by Crippen LogP contribution is -2.38. The summed E-state index contributed by atoms with van der Waals surface area (Å²) in [6, 6.07) is 6.78. The number of ether oxygens (including phenoxy) is 1. The third kappa shape index (κ3) is 6.24. The molecule has 0 spiro atoms. The molecule has 0 radical (unpaired) electrons. The lowest BCUT2D eigenvalue weighted by molar-refractivity contribution is -0.186. The lowest BCUT2D eigenvalue weighted by atomic mass is 9.80. The summed E-state index contributed by atoms with van der Waals surface area (Å²) < 4.78 is 43.4. The topological polar surface area (TPSA) is 75.6 Å². The molecule has 1 amide bonds. The standard InChI is InChI=1S/C18H22F3NO4/c19-18(20,21)14-3-1-2-13(10-14)17(25)22-9-8-12-4-6-15(7-5-12)26-11-16(23)24/h4-7,13-14H,1-3,8-11H2,(H,22,25)(H,23,24). The van der Waals surface area contributed by atoms with Crippen LogP contribution in [0, 0.1) is 11.8 Å². The first-order chi connectivity index (χ1) is 12.3. The van der Waals surface area contributed by atoms with Crippen molar-refractivity contribution in [3.8, 4) is 5.75 Å². The van der Waals surface area contributed by atoms with Crippen molar-refractivity contribution < 1.29 is 32.6 Å². The Morgan fingerprint density at radius 2 is 1.88 bits per heavy atom. The molecular formula is C18H22F3NO4. The van der Waals surface area contributed by atoms with E-state index in [1.165, 1.54) is 0 Å². The van der Waals surface area contributed by atoms with Gasteiger partial charge in [-0.1, -0.05) is 18.6 Å². The maximum Gasteiger partial charge on any atom is 0.391 e. The molecule has 0 bridgehead atoms. The van der Waals surface area contributed by atoms with E-state index in [-0.39, 0.29) is 18.7 Å². The van der Waals surface area contributed by atoms with Gasteiger partial charge in [-0.15, -0.1) is 0 Å². The molecule has 5 nitrogen and oxygen atoms in total. The molecule has 0 aromatic heterocycles. The zero-order valence-electron chi connectivity index (χ0n) is 14.2. The number of carbonyl (C=O) groups is 2. The number of aliphatic carboxylic acids is 1. The van der Waals surface area contributed by atoms with Crippen molar-refractivity contribution in [2.45, 2.75) is 38.3 Å². The van der Waals surface area contributed by atoms with E-state index in [9.17, 15) is 22.8 Å². The number of hydrogen-bond acceptors (Lipinski definition) is 3. The smallest absolute Gasteiger partial charge is 0.391 e. The van der Waals surface area contributed by atoms with Crippen LogP contribution < -0.4 is 10.1 Å². The monoisotopic (exact) mass is 373 g/mol. The highest BCUT2D eigenvalue weighted by molar-refractivity contribution is 5.78. The molecule has 1 aromatic carbocycles. The van der Waals surface area contributed by atoms with Crippen LogP contribution >= 0.6 is 0 Å². The van der Waals surface area contributed by atoms with E-state index in [4.69, 9.17) is 9.84 Å². The summed E-state index contributed by atoms with van der Waals surface area (Å²) >= 11 is 0. The summed E-state index contributed by atoms with van der Waals surface area (Å²) in [6.07, 6.45) is -2.83. The Hall–Kier alpha value is -2.25. The average molecular weight is 373 g/mol. The van der Waals surface area contributed by atoms with Gasteiger partial charge in [0, 0.05) is 12.5 Å². The first-order valence-electron chi connectivity index (χ1n) is 8.53. The van der Waals surface area contributed by atoms with Crippen molar-refractivity contribution in [3.05, 3.63) is 29.8 Å². The fourth-order valence-corrected chi connectivity index (χ4v) is 3.10. The molecule has 1 saturated carbocycles. The second-order valence-electron chi connectivity index (χ2n) is 6.47. The van der Waals surface area contributed by atoms with E-state index in [0.717, 1.165) is 5.56 Å². The minimum absolute atomic E-state index is 0.101. The molecule has 26 heavy (non-hydrogen) atoms. The van der Waals surface area contributed by atoms with Crippen LogP contribution in [-0.4, -0.2) is 36.3 Å². The highest BCUT2D eigenvalue weighted by Crippen LogP contribution is 2.39. The van der Waals surface area contributed by atoms with Gasteiger partial charge in [-0.3, -0.25) is 4.79 Å². The van der Waals surface area contributed by atoms with Crippen LogP contribution in [0.3, 0.4) is 0 Å². The van der Waals surface area contributed by atoms with Crippen molar-refractivity contribution in [2.75, 3.05) is 13.2 Å². The van der Waals surface area contributed by atoms with Crippen molar-refractivity contribution in [3.63, 3.8) is 0 Å². The van der Waals surface area contributed by atoms with Gasteiger partial charge in [0.1, 0.15) is 5.75 Å². The molecule has 1 fully saturated rings. The molecule has 0 saturated heterocycles. The quantitative estimate of drug-likeness (QED) is 0.770. The summed E-state index contributed by atoms with van der Waals surface area (Å²) in [7, 11) is 0. The normalized spacial score (nSPS) is 20.4. The van der Waals surface area contributed by atoms with E-state index >= 15 is 0 Å². The summed E-state index contributed by atoms with van der Waals surface area (Å²) in [6.45, 7) is -0.0863. The Labute approximate surface area is 149 Å². The minimum atomic E-state index is -4.23. The van der Waals surface area contributed by atoms with Gasteiger partial charge in [0.2, 0.25) is 5.91 Å². The molecule has 0 aliphatic heterocycles. The number of nitrogens with one attached hydrogen (secondary N) is 1. The number of rotatable bonds is 7. The van der Waals surface area contributed by atoms with Gasteiger partial charge in [0.25, 0.3) is 0 Å². The molecular weight excluding hydrogens is 351 g/mol. The molecule has 144 valence electrons. The third-order valence-electron chi connectivity index (χ3n) is 4.51. The second-order valence-corrected chi connectivity index (χ2v) is 6.47. The maximum absolute atomic E-state index is 12.8. The Bertz CT molecular complexity index is 616. The number of amides is 1. The van der Waals surface area contributed by atoms with Gasteiger partial charge in [-0.25, -0.2) is 4.79 Å². The highest BCUT2D eigenvalue weighted by atomic mass is 19.4. The largest absolute Gasteiger partial charge is 0.482 e. The predicted molar refractivity (Wildman–Crippen MR) is 87.8 cm³/mol. The Morgan fingerprint density at radius 1 is 1.19 bits per heavy atom. The second kappa shape index (κ2) is 8.91. The third-order valence-corrected chi connectivity index (χ3v) is 4.51. The summed E-state index contributed by atoms with van der Waals surface area (Å²) in [5.74, 6) is -2.92. The number of carbonyl (C=O) groups excluding carboxylic acids is 1. The van der Waals surface area contributed by atoms with E-state index < -0.39 is 30.6 Å².